The van der Waals surface area contributed by atoms with Crippen LogP contribution in [0.15, 0.2) is 77.3 Å². The summed E-state index contributed by atoms with van der Waals surface area (Å²) in [5, 5.41) is 3.43. The molecule has 2 nitrogen and oxygen atoms in total. The van der Waals surface area contributed by atoms with Crippen LogP contribution in [0.2, 0.25) is 0 Å². The fourth-order valence-electron chi connectivity index (χ4n) is 2.01. The quantitative estimate of drug-likeness (QED) is 0.439. The normalized spacial score (nSPS) is 10.3. The molecule has 0 aliphatic heterocycles. The van der Waals surface area contributed by atoms with Crippen LogP contribution in [0.25, 0.3) is 0 Å². The molecule has 22 heavy (non-hydrogen) atoms. The third-order valence-corrected chi connectivity index (χ3v) is 4.68. The number of hydrogen-bond donors (Lipinski definition) is 1. The number of para-hydroxylation sites is 4. The van der Waals surface area contributed by atoms with Gasteiger partial charge in [0.2, 0.25) is 0 Å². The molecule has 0 heterocycles. The van der Waals surface area contributed by atoms with Gasteiger partial charge in [-0.3, -0.25) is 0 Å². The van der Waals surface area contributed by atoms with E-state index in [0.717, 1.165) is 30.9 Å². The molecule has 110 valence electrons. The average molecular weight is 466 g/mol. The van der Waals surface area contributed by atoms with Gasteiger partial charge in [-0.1, -0.05) is 36.4 Å². The maximum Gasteiger partial charge on any atom is 0.150 e. The van der Waals surface area contributed by atoms with E-state index in [1.165, 1.54) is 0 Å². The molecule has 3 aromatic rings. The zero-order valence-corrected chi connectivity index (χ0v) is 15.3. The summed E-state index contributed by atoms with van der Waals surface area (Å²) in [6.45, 7) is 0. The monoisotopic (exact) mass is 465 g/mol. The summed E-state index contributed by atoms with van der Waals surface area (Å²) >= 11 is 5.83. The molecule has 0 aromatic heterocycles. The Morgan fingerprint density at radius 1 is 0.727 bits per heavy atom. The molecule has 0 bridgehead atoms. The minimum Gasteiger partial charge on any atom is -0.454 e. The number of anilines is 2. The molecular formula is C18H13BrINO. The van der Waals surface area contributed by atoms with Crippen molar-refractivity contribution in [3.05, 3.63) is 80.8 Å². The SMILES string of the molecule is Brc1ccccc1Oc1ccccc1Nc1ccccc1I. The molecule has 0 fully saturated rings. The van der Waals surface area contributed by atoms with Gasteiger partial charge in [-0.2, -0.15) is 0 Å². The summed E-state index contributed by atoms with van der Waals surface area (Å²) in [5.41, 5.74) is 1.99. The Labute approximate surface area is 151 Å². The van der Waals surface area contributed by atoms with Crippen molar-refractivity contribution in [1.29, 1.82) is 0 Å². The van der Waals surface area contributed by atoms with Crippen LogP contribution in [0.4, 0.5) is 11.4 Å². The predicted octanol–water partition coefficient (Wildman–Crippen LogP) is 6.59. The van der Waals surface area contributed by atoms with Gasteiger partial charge in [0, 0.05) is 3.57 Å². The molecule has 0 saturated heterocycles. The van der Waals surface area contributed by atoms with E-state index < -0.39 is 0 Å². The third kappa shape index (κ3) is 3.62. The van der Waals surface area contributed by atoms with Crippen LogP contribution in [0.5, 0.6) is 11.5 Å². The number of ether oxygens (including phenoxy) is 1. The Hall–Kier alpha value is -1.53. The molecule has 0 aliphatic rings. The van der Waals surface area contributed by atoms with E-state index in [2.05, 4.69) is 56.0 Å². The molecule has 0 spiro atoms. The lowest BCUT2D eigenvalue weighted by Crippen LogP contribution is -1.96. The lowest BCUT2D eigenvalue weighted by molar-refractivity contribution is 0.482. The standard InChI is InChI=1S/C18H13BrINO/c19-13-7-1-5-11-17(13)22-18-12-6-4-10-16(18)21-15-9-3-2-8-14(15)20/h1-12,21H. The summed E-state index contributed by atoms with van der Waals surface area (Å²) in [6.07, 6.45) is 0. The van der Waals surface area contributed by atoms with E-state index in [1.54, 1.807) is 0 Å². The summed E-state index contributed by atoms with van der Waals surface area (Å²) in [4.78, 5) is 0. The Morgan fingerprint density at radius 3 is 2.05 bits per heavy atom. The Kier molecular flexibility index (Phi) is 5.00. The predicted molar refractivity (Wildman–Crippen MR) is 103 cm³/mol. The number of halogens is 2. The van der Waals surface area contributed by atoms with Crippen molar-refractivity contribution in [2.24, 2.45) is 0 Å². The number of hydrogen-bond acceptors (Lipinski definition) is 2. The van der Waals surface area contributed by atoms with Crippen LogP contribution >= 0.6 is 38.5 Å². The molecular weight excluding hydrogens is 453 g/mol. The highest BCUT2D eigenvalue weighted by Gasteiger charge is 2.08. The van der Waals surface area contributed by atoms with Crippen molar-refractivity contribution in [3.63, 3.8) is 0 Å². The minimum absolute atomic E-state index is 0.786. The van der Waals surface area contributed by atoms with E-state index in [4.69, 9.17) is 4.74 Å². The zero-order valence-electron chi connectivity index (χ0n) is 11.6. The first-order valence-corrected chi connectivity index (χ1v) is 8.64. The molecule has 0 radical (unpaired) electrons. The fourth-order valence-corrected chi connectivity index (χ4v) is 2.90. The van der Waals surface area contributed by atoms with Gasteiger partial charge in [0.05, 0.1) is 15.8 Å². The van der Waals surface area contributed by atoms with Gasteiger partial charge in [0.25, 0.3) is 0 Å². The first-order valence-electron chi connectivity index (χ1n) is 6.77. The molecule has 0 amide bonds. The third-order valence-electron chi connectivity index (χ3n) is 3.09. The highest BCUT2D eigenvalue weighted by atomic mass is 127. The summed E-state index contributed by atoms with van der Waals surface area (Å²) in [7, 11) is 0. The molecule has 3 aromatic carbocycles. The summed E-state index contributed by atoms with van der Waals surface area (Å²) in [5.74, 6) is 1.58. The second-order valence-corrected chi connectivity index (χ2v) is 6.65. The van der Waals surface area contributed by atoms with E-state index in [-0.39, 0.29) is 0 Å². The lowest BCUT2D eigenvalue weighted by Gasteiger charge is -2.14. The Balaban J connectivity index is 1.91. The van der Waals surface area contributed by atoms with Gasteiger partial charge in [-0.15, -0.1) is 0 Å². The van der Waals surface area contributed by atoms with E-state index in [9.17, 15) is 0 Å². The van der Waals surface area contributed by atoms with Gasteiger partial charge < -0.3 is 10.1 Å². The highest BCUT2D eigenvalue weighted by Crippen LogP contribution is 2.35. The lowest BCUT2D eigenvalue weighted by atomic mass is 10.2. The number of rotatable bonds is 4. The van der Waals surface area contributed by atoms with Gasteiger partial charge in [0.15, 0.2) is 5.75 Å². The first kappa shape index (κ1) is 15.4. The topological polar surface area (TPSA) is 21.3 Å². The molecule has 0 aliphatic carbocycles. The van der Waals surface area contributed by atoms with Crippen LogP contribution < -0.4 is 10.1 Å². The van der Waals surface area contributed by atoms with E-state index in [0.29, 0.717) is 0 Å². The minimum atomic E-state index is 0.786. The van der Waals surface area contributed by atoms with Crippen LogP contribution in [-0.4, -0.2) is 0 Å². The van der Waals surface area contributed by atoms with Crippen molar-refractivity contribution in [2.75, 3.05) is 5.32 Å². The van der Waals surface area contributed by atoms with Crippen molar-refractivity contribution < 1.29 is 4.74 Å². The van der Waals surface area contributed by atoms with Crippen LogP contribution in [-0.2, 0) is 0 Å². The van der Waals surface area contributed by atoms with E-state index >= 15 is 0 Å². The van der Waals surface area contributed by atoms with Crippen molar-refractivity contribution in [1.82, 2.24) is 0 Å². The molecule has 0 unspecified atom stereocenters. The Bertz CT molecular complexity index is 725. The van der Waals surface area contributed by atoms with Crippen LogP contribution in [0, 0.1) is 3.57 Å². The van der Waals surface area contributed by atoms with Crippen molar-refractivity contribution in [3.8, 4) is 11.5 Å². The van der Waals surface area contributed by atoms with Gasteiger partial charge >= 0.3 is 0 Å². The maximum absolute atomic E-state index is 6.04. The summed E-state index contributed by atoms with van der Waals surface area (Å²) < 4.78 is 8.13. The number of nitrogens with one attached hydrogen (secondary N) is 1. The molecule has 0 atom stereocenters. The smallest absolute Gasteiger partial charge is 0.150 e. The Morgan fingerprint density at radius 2 is 1.32 bits per heavy atom. The van der Waals surface area contributed by atoms with Gasteiger partial charge in [0.1, 0.15) is 5.75 Å². The molecule has 1 N–H and O–H groups in total. The molecule has 4 heteroatoms. The largest absolute Gasteiger partial charge is 0.454 e. The average Bonchev–Trinajstić information content (AvgIpc) is 2.53. The first-order chi connectivity index (χ1) is 10.7. The maximum atomic E-state index is 6.04. The van der Waals surface area contributed by atoms with Gasteiger partial charge in [-0.25, -0.2) is 0 Å². The van der Waals surface area contributed by atoms with Crippen LogP contribution in [0.1, 0.15) is 0 Å². The fraction of sp³-hybridized carbons (Fsp3) is 0. The second-order valence-electron chi connectivity index (χ2n) is 4.63. The second kappa shape index (κ2) is 7.15. The van der Waals surface area contributed by atoms with Crippen molar-refractivity contribution in [2.45, 2.75) is 0 Å². The van der Waals surface area contributed by atoms with Crippen LogP contribution in [0.3, 0.4) is 0 Å². The highest BCUT2D eigenvalue weighted by molar-refractivity contribution is 14.1. The molecule has 3 rings (SSSR count). The number of benzene rings is 3. The van der Waals surface area contributed by atoms with E-state index in [1.807, 2.05) is 60.7 Å². The van der Waals surface area contributed by atoms with Gasteiger partial charge in [-0.05, 0) is 74.9 Å². The zero-order chi connectivity index (χ0) is 15.4. The van der Waals surface area contributed by atoms with Crippen molar-refractivity contribution >= 4 is 49.9 Å². The summed E-state index contributed by atoms with van der Waals surface area (Å²) in [6, 6.07) is 23.9. The molecule has 0 saturated carbocycles.